The van der Waals surface area contributed by atoms with Gasteiger partial charge in [-0.1, -0.05) is 11.6 Å². The largest absolute Gasteiger partial charge is 0.481 e. The second kappa shape index (κ2) is 5.57. The number of hydrogen-bond donors (Lipinski definition) is 1. The van der Waals surface area contributed by atoms with E-state index in [4.69, 9.17) is 16.7 Å². The van der Waals surface area contributed by atoms with Crippen LogP contribution in [0.2, 0.25) is 5.02 Å². The third kappa shape index (κ3) is 3.04. The summed E-state index contributed by atoms with van der Waals surface area (Å²) >= 11 is 5.75. The lowest BCUT2D eigenvalue weighted by Crippen LogP contribution is -2.42. The van der Waals surface area contributed by atoms with E-state index in [0.29, 0.717) is 19.4 Å². The van der Waals surface area contributed by atoms with Crippen LogP contribution in [-0.4, -0.2) is 35.0 Å². The SMILES string of the molecule is O=C(O)[C@H]1CCCN(C(=O)c2cc(Cl)ccc2F)C1. The van der Waals surface area contributed by atoms with Crippen LogP contribution in [0.25, 0.3) is 0 Å². The monoisotopic (exact) mass is 285 g/mol. The first-order valence-electron chi connectivity index (χ1n) is 5.96. The summed E-state index contributed by atoms with van der Waals surface area (Å²) in [6.07, 6.45) is 1.14. The molecule has 1 atom stereocenters. The molecule has 4 nitrogen and oxygen atoms in total. The lowest BCUT2D eigenvalue weighted by molar-refractivity contribution is -0.143. The Morgan fingerprint density at radius 1 is 1.42 bits per heavy atom. The highest BCUT2D eigenvalue weighted by Gasteiger charge is 2.29. The number of carboxylic acids is 1. The van der Waals surface area contributed by atoms with Crippen molar-refractivity contribution in [2.24, 2.45) is 5.92 Å². The lowest BCUT2D eigenvalue weighted by Gasteiger charge is -2.30. The Balaban J connectivity index is 2.19. The van der Waals surface area contributed by atoms with Gasteiger partial charge in [0.15, 0.2) is 0 Å². The Hall–Kier alpha value is -1.62. The van der Waals surface area contributed by atoms with E-state index in [1.165, 1.54) is 17.0 Å². The number of nitrogens with zero attached hydrogens (tertiary/aromatic N) is 1. The van der Waals surface area contributed by atoms with Crippen LogP contribution < -0.4 is 0 Å². The maximum atomic E-state index is 13.6. The van der Waals surface area contributed by atoms with Gasteiger partial charge in [0.25, 0.3) is 5.91 Å². The van der Waals surface area contributed by atoms with Crippen LogP contribution in [0.4, 0.5) is 4.39 Å². The zero-order valence-electron chi connectivity index (χ0n) is 10.1. The molecular formula is C13H13ClFNO3. The van der Waals surface area contributed by atoms with Crippen molar-refractivity contribution in [1.29, 1.82) is 0 Å². The molecule has 0 spiro atoms. The van der Waals surface area contributed by atoms with Crippen molar-refractivity contribution >= 4 is 23.5 Å². The Morgan fingerprint density at radius 3 is 2.84 bits per heavy atom. The Bertz CT molecular complexity index is 521. The van der Waals surface area contributed by atoms with E-state index in [2.05, 4.69) is 0 Å². The van der Waals surface area contributed by atoms with E-state index in [1.54, 1.807) is 0 Å². The third-order valence-corrected chi connectivity index (χ3v) is 3.45. The molecule has 0 aliphatic carbocycles. The molecule has 6 heteroatoms. The van der Waals surface area contributed by atoms with Crippen molar-refractivity contribution < 1.29 is 19.1 Å². The molecule has 1 aromatic rings. The van der Waals surface area contributed by atoms with Crippen LogP contribution in [0.5, 0.6) is 0 Å². The maximum absolute atomic E-state index is 13.6. The quantitative estimate of drug-likeness (QED) is 0.908. The number of halogens is 2. The van der Waals surface area contributed by atoms with Gasteiger partial charge in [-0.3, -0.25) is 9.59 Å². The standard InChI is InChI=1S/C13H13ClFNO3/c14-9-3-4-11(15)10(6-9)12(17)16-5-1-2-8(7-16)13(18)19/h3-4,6,8H,1-2,5,7H2,(H,18,19)/t8-/m0/s1. The van der Waals surface area contributed by atoms with E-state index >= 15 is 0 Å². The summed E-state index contributed by atoms with van der Waals surface area (Å²) in [5.74, 6) is -2.66. The Labute approximate surface area is 114 Å². The molecule has 1 amide bonds. The van der Waals surface area contributed by atoms with Crippen molar-refractivity contribution in [3.05, 3.63) is 34.6 Å². The summed E-state index contributed by atoms with van der Waals surface area (Å²) < 4.78 is 13.6. The first-order chi connectivity index (χ1) is 8.99. The van der Waals surface area contributed by atoms with E-state index in [0.717, 1.165) is 6.07 Å². The average molecular weight is 286 g/mol. The zero-order valence-corrected chi connectivity index (χ0v) is 10.9. The Morgan fingerprint density at radius 2 is 2.16 bits per heavy atom. The summed E-state index contributed by atoms with van der Waals surface area (Å²) in [4.78, 5) is 24.5. The van der Waals surface area contributed by atoms with Gasteiger partial charge in [-0.2, -0.15) is 0 Å². The highest BCUT2D eigenvalue weighted by atomic mass is 35.5. The summed E-state index contributed by atoms with van der Waals surface area (Å²) in [5, 5.41) is 9.25. The normalized spacial score (nSPS) is 19.3. The molecule has 1 fully saturated rings. The van der Waals surface area contributed by atoms with Crippen LogP contribution in [0, 0.1) is 11.7 Å². The van der Waals surface area contributed by atoms with Gasteiger partial charge in [0.05, 0.1) is 11.5 Å². The number of carbonyl (C=O) groups is 2. The topological polar surface area (TPSA) is 57.6 Å². The highest BCUT2D eigenvalue weighted by molar-refractivity contribution is 6.31. The number of hydrogen-bond acceptors (Lipinski definition) is 2. The molecule has 2 rings (SSSR count). The van der Waals surface area contributed by atoms with Gasteiger partial charge in [-0.15, -0.1) is 0 Å². The molecule has 0 saturated carbocycles. The van der Waals surface area contributed by atoms with Crippen LogP contribution in [-0.2, 0) is 4.79 Å². The number of aliphatic carboxylic acids is 1. The molecule has 0 unspecified atom stereocenters. The molecule has 1 aliphatic heterocycles. The molecule has 0 radical (unpaired) electrons. The Kier molecular flexibility index (Phi) is 4.04. The number of carboxylic acid groups (broad SMARTS) is 1. The molecule has 0 bridgehead atoms. The van der Waals surface area contributed by atoms with Crippen LogP contribution >= 0.6 is 11.6 Å². The van der Waals surface area contributed by atoms with Crippen LogP contribution in [0.3, 0.4) is 0 Å². The number of likely N-dealkylation sites (tertiary alicyclic amines) is 1. The fourth-order valence-electron chi connectivity index (χ4n) is 2.19. The van der Waals surface area contributed by atoms with Gasteiger partial charge in [0.1, 0.15) is 5.82 Å². The second-order valence-corrected chi connectivity index (χ2v) is 4.99. The number of benzene rings is 1. The van der Waals surface area contributed by atoms with Crippen molar-refractivity contribution in [3.63, 3.8) is 0 Å². The molecule has 19 heavy (non-hydrogen) atoms. The first kappa shape index (κ1) is 13.8. The van der Waals surface area contributed by atoms with E-state index in [-0.39, 0.29) is 17.1 Å². The summed E-state index contributed by atoms with van der Waals surface area (Å²) in [6, 6.07) is 3.77. The highest BCUT2D eigenvalue weighted by Crippen LogP contribution is 2.21. The molecule has 1 saturated heterocycles. The van der Waals surface area contributed by atoms with Gasteiger partial charge >= 0.3 is 5.97 Å². The molecule has 102 valence electrons. The zero-order chi connectivity index (χ0) is 14.0. The van der Waals surface area contributed by atoms with Crippen molar-refractivity contribution in [1.82, 2.24) is 4.90 Å². The second-order valence-electron chi connectivity index (χ2n) is 4.55. The number of rotatable bonds is 2. The van der Waals surface area contributed by atoms with Crippen LogP contribution in [0.1, 0.15) is 23.2 Å². The minimum absolute atomic E-state index is 0.111. The van der Waals surface area contributed by atoms with Gasteiger partial charge in [0.2, 0.25) is 0 Å². The van der Waals surface area contributed by atoms with Crippen LogP contribution in [0.15, 0.2) is 18.2 Å². The van der Waals surface area contributed by atoms with Crippen molar-refractivity contribution in [3.8, 4) is 0 Å². The minimum atomic E-state index is -0.927. The minimum Gasteiger partial charge on any atom is -0.481 e. The number of carbonyl (C=O) groups excluding carboxylic acids is 1. The van der Waals surface area contributed by atoms with Crippen molar-refractivity contribution in [2.75, 3.05) is 13.1 Å². The van der Waals surface area contributed by atoms with E-state index in [1.807, 2.05) is 0 Å². The molecule has 1 heterocycles. The van der Waals surface area contributed by atoms with Gasteiger partial charge in [-0.05, 0) is 31.0 Å². The first-order valence-corrected chi connectivity index (χ1v) is 6.34. The fourth-order valence-corrected chi connectivity index (χ4v) is 2.37. The molecule has 1 aliphatic rings. The summed E-state index contributed by atoms with van der Waals surface area (Å²) in [6.45, 7) is 0.550. The molecule has 1 N–H and O–H groups in total. The summed E-state index contributed by atoms with van der Waals surface area (Å²) in [7, 11) is 0. The predicted molar refractivity (Wildman–Crippen MR) is 67.7 cm³/mol. The van der Waals surface area contributed by atoms with E-state index < -0.39 is 23.6 Å². The predicted octanol–water partition coefficient (Wildman–Crippen LogP) is 2.42. The molecular weight excluding hydrogens is 273 g/mol. The maximum Gasteiger partial charge on any atom is 0.308 e. The van der Waals surface area contributed by atoms with Gasteiger partial charge < -0.3 is 10.0 Å². The lowest BCUT2D eigenvalue weighted by atomic mass is 9.97. The average Bonchev–Trinajstić information content (AvgIpc) is 2.41. The molecule has 1 aromatic carbocycles. The fraction of sp³-hybridized carbons (Fsp3) is 0.385. The van der Waals surface area contributed by atoms with Gasteiger partial charge in [0, 0.05) is 18.1 Å². The summed E-state index contributed by atoms with van der Waals surface area (Å²) in [5.41, 5.74) is -0.112. The van der Waals surface area contributed by atoms with Crippen molar-refractivity contribution in [2.45, 2.75) is 12.8 Å². The van der Waals surface area contributed by atoms with E-state index in [9.17, 15) is 14.0 Å². The smallest absolute Gasteiger partial charge is 0.308 e. The number of amides is 1. The third-order valence-electron chi connectivity index (χ3n) is 3.22. The van der Waals surface area contributed by atoms with Gasteiger partial charge in [-0.25, -0.2) is 4.39 Å². The molecule has 0 aromatic heterocycles. The number of piperidine rings is 1.